The Labute approximate surface area is 322 Å². The molecule has 6 aromatic carbocycles. The van der Waals surface area contributed by atoms with E-state index < -0.39 is 0 Å². The lowest BCUT2D eigenvalue weighted by atomic mass is 9.59. The zero-order chi connectivity index (χ0) is 36.4. The van der Waals surface area contributed by atoms with E-state index in [0.29, 0.717) is 0 Å². The molecule has 12 rings (SSSR count). The minimum absolute atomic E-state index is 0.109. The van der Waals surface area contributed by atoms with Gasteiger partial charge < -0.3 is 4.90 Å². The van der Waals surface area contributed by atoms with E-state index in [2.05, 4.69) is 172 Å². The summed E-state index contributed by atoms with van der Waals surface area (Å²) in [6, 6.07) is 53.7. The van der Waals surface area contributed by atoms with Crippen LogP contribution in [0.25, 0.3) is 33.4 Å². The highest BCUT2D eigenvalue weighted by molar-refractivity contribution is 5.95. The van der Waals surface area contributed by atoms with Gasteiger partial charge in [0.25, 0.3) is 0 Å². The van der Waals surface area contributed by atoms with Crippen LogP contribution < -0.4 is 4.90 Å². The molecule has 268 valence electrons. The fourth-order valence-electron chi connectivity index (χ4n) is 12.6. The fraction of sp³-hybridized carbons (Fsp3) is 0.321. The van der Waals surface area contributed by atoms with E-state index in [1.807, 2.05) is 0 Å². The summed E-state index contributed by atoms with van der Waals surface area (Å²) in [5.74, 6) is 3.25. The molecule has 5 atom stereocenters. The van der Waals surface area contributed by atoms with Crippen LogP contribution in [0.1, 0.15) is 88.5 Å². The van der Waals surface area contributed by atoms with Crippen molar-refractivity contribution in [3.63, 3.8) is 0 Å². The molecule has 0 heterocycles. The Morgan fingerprint density at radius 1 is 0.463 bits per heavy atom. The number of anilines is 3. The van der Waals surface area contributed by atoms with Crippen molar-refractivity contribution in [3.8, 4) is 33.4 Å². The molecule has 0 N–H and O–H groups in total. The number of hydrogen-bond acceptors (Lipinski definition) is 1. The second-order valence-electron chi connectivity index (χ2n) is 18.8. The highest BCUT2D eigenvalue weighted by atomic mass is 15.1. The molecule has 4 bridgehead atoms. The van der Waals surface area contributed by atoms with Crippen molar-refractivity contribution in [1.29, 1.82) is 0 Å². The molecule has 1 heteroatoms. The molecule has 0 aliphatic heterocycles. The molecule has 5 unspecified atom stereocenters. The van der Waals surface area contributed by atoms with Crippen LogP contribution in [-0.2, 0) is 16.2 Å². The quantitative estimate of drug-likeness (QED) is 0.173. The van der Waals surface area contributed by atoms with Gasteiger partial charge in [0.1, 0.15) is 0 Å². The molecule has 54 heavy (non-hydrogen) atoms. The van der Waals surface area contributed by atoms with Gasteiger partial charge in [-0.25, -0.2) is 0 Å². The number of rotatable bonds is 5. The Morgan fingerprint density at radius 3 is 1.85 bits per heavy atom. The lowest BCUT2D eigenvalue weighted by molar-refractivity contribution is 0.191. The van der Waals surface area contributed by atoms with Gasteiger partial charge in [0, 0.05) is 22.4 Å². The molecule has 6 aromatic rings. The predicted molar refractivity (Wildman–Crippen MR) is 226 cm³/mol. The SMILES string of the molecule is CC1(C)CCC(C)(C)c2cc(N(c3ccc(-c4ccccc4)cc3)c3cc4c(cc3-c3ccccc3)-c3ccccc3C43C4CC5CC(C4)C3C5)ccc21. The highest BCUT2D eigenvalue weighted by Crippen LogP contribution is 2.73. The molecule has 4 saturated carbocycles. The molecule has 1 spiro atoms. The van der Waals surface area contributed by atoms with Gasteiger partial charge in [-0.15, -0.1) is 0 Å². The molecular formula is C53H51N. The van der Waals surface area contributed by atoms with Crippen LogP contribution in [0.15, 0.2) is 140 Å². The van der Waals surface area contributed by atoms with Crippen LogP contribution in [0.4, 0.5) is 17.1 Å². The van der Waals surface area contributed by atoms with Crippen LogP contribution >= 0.6 is 0 Å². The zero-order valence-electron chi connectivity index (χ0n) is 32.3. The van der Waals surface area contributed by atoms with Crippen molar-refractivity contribution < 1.29 is 0 Å². The normalized spacial score (nSPS) is 26.1. The highest BCUT2D eigenvalue weighted by Gasteiger charge is 2.66. The molecule has 1 nitrogen and oxygen atoms in total. The molecule has 0 saturated heterocycles. The monoisotopic (exact) mass is 701 g/mol. The Kier molecular flexibility index (Phi) is 6.97. The summed E-state index contributed by atoms with van der Waals surface area (Å²) in [5, 5.41) is 0. The van der Waals surface area contributed by atoms with Crippen LogP contribution in [0.2, 0.25) is 0 Å². The van der Waals surface area contributed by atoms with Gasteiger partial charge in [0.15, 0.2) is 0 Å². The third-order valence-electron chi connectivity index (χ3n) is 15.1. The first-order valence-corrected chi connectivity index (χ1v) is 20.7. The molecule has 6 aliphatic carbocycles. The Bertz CT molecular complexity index is 2410. The molecule has 0 aromatic heterocycles. The average Bonchev–Trinajstić information content (AvgIpc) is 3.74. The number of hydrogen-bond donors (Lipinski definition) is 0. The summed E-state index contributed by atoms with van der Waals surface area (Å²) < 4.78 is 0. The smallest absolute Gasteiger partial charge is 0.0543 e. The van der Waals surface area contributed by atoms with Crippen molar-refractivity contribution in [3.05, 3.63) is 162 Å². The van der Waals surface area contributed by atoms with Gasteiger partial charge >= 0.3 is 0 Å². The summed E-state index contributed by atoms with van der Waals surface area (Å²) in [6.07, 6.45) is 8.03. The first-order chi connectivity index (χ1) is 26.2. The third kappa shape index (κ3) is 4.57. The van der Waals surface area contributed by atoms with Gasteiger partial charge in [0.05, 0.1) is 5.69 Å². The van der Waals surface area contributed by atoms with E-state index in [0.717, 1.165) is 23.7 Å². The standard InChI is InChI=1S/C53H51N/c1-51(2)25-26-52(3,4)49-31-41(23-24-46(49)51)54(40-21-19-36(20-22-40)35-13-7-5-8-14-35)50-33-48-44(32-43(50)37-15-9-6-10-16-37)42-17-11-12-18-45(42)53(48)39-28-34-27-38(30-39)47(53)29-34/h5-24,31-34,38-39,47H,25-30H2,1-4H3. The van der Waals surface area contributed by atoms with E-state index in [1.165, 1.54) is 100 Å². The van der Waals surface area contributed by atoms with Gasteiger partial charge in [0.2, 0.25) is 0 Å². The van der Waals surface area contributed by atoms with Crippen molar-refractivity contribution in [1.82, 2.24) is 0 Å². The third-order valence-corrected chi connectivity index (χ3v) is 15.1. The van der Waals surface area contributed by atoms with Crippen LogP contribution in [0.5, 0.6) is 0 Å². The zero-order valence-corrected chi connectivity index (χ0v) is 32.3. The van der Waals surface area contributed by atoms with Crippen LogP contribution in [0, 0.1) is 23.7 Å². The lowest BCUT2D eigenvalue weighted by Crippen LogP contribution is -2.40. The average molecular weight is 702 g/mol. The topological polar surface area (TPSA) is 3.24 Å². The van der Waals surface area contributed by atoms with E-state index in [9.17, 15) is 0 Å². The van der Waals surface area contributed by atoms with Gasteiger partial charge in [-0.05, 0) is 159 Å². The van der Waals surface area contributed by atoms with E-state index in [1.54, 1.807) is 11.1 Å². The number of fused-ring (bicyclic) bond motifs is 4. The minimum atomic E-state index is 0.109. The molecular weight excluding hydrogens is 651 g/mol. The minimum Gasteiger partial charge on any atom is -0.310 e. The van der Waals surface area contributed by atoms with Crippen molar-refractivity contribution >= 4 is 17.1 Å². The second kappa shape index (κ2) is 11.6. The summed E-state index contributed by atoms with van der Waals surface area (Å²) >= 11 is 0. The van der Waals surface area contributed by atoms with E-state index in [-0.39, 0.29) is 16.2 Å². The first-order valence-electron chi connectivity index (χ1n) is 20.7. The largest absolute Gasteiger partial charge is 0.310 e. The summed E-state index contributed by atoms with van der Waals surface area (Å²) in [7, 11) is 0. The molecule has 0 amide bonds. The van der Waals surface area contributed by atoms with Gasteiger partial charge in [-0.3, -0.25) is 0 Å². The molecule has 6 aliphatic rings. The summed E-state index contributed by atoms with van der Waals surface area (Å²) in [6.45, 7) is 9.79. The first kappa shape index (κ1) is 32.5. The molecule has 0 radical (unpaired) electrons. The van der Waals surface area contributed by atoms with Gasteiger partial charge in [-0.1, -0.05) is 131 Å². The Hall–Kier alpha value is -4.88. The van der Waals surface area contributed by atoms with Crippen LogP contribution in [0.3, 0.4) is 0 Å². The maximum absolute atomic E-state index is 2.70. The summed E-state index contributed by atoms with van der Waals surface area (Å²) in [4.78, 5) is 2.62. The number of nitrogens with zero attached hydrogens (tertiary/aromatic N) is 1. The van der Waals surface area contributed by atoms with Gasteiger partial charge in [-0.2, -0.15) is 0 Å². The number of benzene rings is 6. The van der Waals surface area contributed by atoms with Crippen molar-refractivity contribution in [2.75, 3.05) is 4.90 Å². The Balaban J connectivity index is 1.19. The lowest BCUT2D eigenvalue weighted by Gasteiger charge is -2.44. The van der Waals surface area contributed by atoms with E-state index in [4.69, 9.17) is 0 Å². The predicted octanol–water partition coefficient (Wildman–Crippen LogP) is 14.2. The van der Waals surface area contributed by atoms with E-state index >= 15 is 0 Å². The summed E-state index contributed by atoms with van der Waals surface area (Å²) in [5.41, 5.74) is 18.4. The molecule has 4 fully saturated rings. The second-order valence-corrected chi connectivity index (χ2v) is 18.8. The van der Waals surface area contributed by atoms with Crippen molar-refractivity contribution in [2.45, 2.75) is 82.5 Å². The maximum Gasteiger partial charge on any atom is 0.0543 e. The fourth-order valence-corrected chi connectivity index (χ4v) is 12.6. The Morgan fingerprint density at radius 2 is 1.11 bits per heavy atom. The van der Waals surface area contributed by atoms with Crippen molar-refractivity contribution in [2.24, 2.45) is 23.7 Å². The maximum atomic E-state index is 2.70. The van der Waals surface area contributed by atoms with Crippen LogP contribution in [-0.4, -0.2) is 0 Å².